The molecule has 2 aliphatic heterocycles. The van der Waals surface area contributed by atoms with Gasteiger partial charge in [0.15, 0.2) is 5.82 Å². The predicted octanol–water partition coefficient (Wildman–Crippen LogP) is 5.20. The molecule has 3 N–H and O–H groups in total. The van der Waals surface area contributed by atoms with Crippen LogP contribution in [0.2, 0.25) is 0 Å². The maximum Gasteiger partial charge on any atom is 0.321 e. The summed E-state index contributed by atoms with van der Waals surface area (Å²) >= 11 is 0. The van der Waals surface area contributed by atoms with E-state index in [0.717, 1.165) is 58.7 Å². The first-order chi connectivity index (χ1) is 23.4. The normalized spacial score (nSPS) is 22.1. The van der Waals surface area contributed by atoms with Crippen LogP contribution in [-0.2, 0) is 13.1 Å². The molecule has 5 aromatic rings. The minimum atomic E-state index is -0.0973. The number of anilines is 1. The quantitative estimate of drug-likeness (QED) is 0.240. The van der Waals surface area contributed by atoms with Crippen molar-refractivity contribution in [1.82, 2.24) is 28.9 Å². The Morgan fingerprint density at radius 1 is 0.938 bits per heavy atom. The number of carbonyl (C=O) groups excluding carboxylic acids is 2. The molecule has 11 heteroatoms. The van der Waals surface area contributed by atoms with Gasteiger partial charge in [0.1, 0.15) is 16.9 Å². The summed E-state index contributed by atoms with van der Waals surface area (Å²) in [6.07, 6.45) is 6.32. The fourth-order valence-corrected chi connectivity index (χ4v) is 8.18. The van der Waals surface area contributed by atoms with Gasteiger partial charge >= 0.3 is 6.03 Å². The number of likely N-dealkylation sites (tertiary alicyclic amines) is 2. The lowest BCUT2D eigenvalue weighted by Crippen LogP contribution is -2.53. The number of nitrogens with one attached hydrogen (secondary N) is 1. The van der Waals surface area contributed by atoms with Gasteiger partial charge in [-0.2, -0.15) is 0 Å². The number of imidazole rings is 1. The highest BCUT2D eigenvalue weighted by Crippen LogP contribution is 2.41. The minimum absolute atomic E-state index is 0.0138. The number of nitrogens with zero attached hydrogens (tertiary/aromatic N) is 6. The number of piperidine rings is 1. The lowest BCUT2D eigenvalue weighted by molar-refractivity contribution is 0.0700. The first kappa shape index (κ1) is 29.3. The zero-order valence-electron chi connectivity index (χ0n) is 27.1. The maximum atomic E-state index is 13.9. The van der Waals surface area contributed by atoms with Gasteiger partial charge in [0.25, 0.3) is 5.91 Å². The number of nitrogens with two attached hydrogens (primary N) is 1. The van der Waals surface area contributed by atoms with E-state index >= 15 is 0 Å². The van der Waals surface area contributed by atoms with E-state index in [0.29, 0.717) is 49.3 Å². The second-order valence-electron chi connectivity index (χ2n) is 14.1. The average molecular weight is 645 g/mol. The first-order valence-electron chi connectivity index (χ1n) is 17.2. The number of rotatable bonds is 8. The zero-order chi connectivity index (χ0) is 32.5. The topological polar surface area (TPSA) is 124 Å². The third kappa shape index (κ3) is 4.90. The van der Waals surface area contributed by atoms with E-state index in [1.54, 1.807) is 7.11 Å². The van der Waals surface area contributed by atoms with Crippen molar-refractivity contribution >= 4 is 39.7 Å². The Kier molecular flexibility index (Phi) is 6.93. The van der Waals surface area contributed by atoms with Crippen LogP contribution in [0.5, 0.6) is 5.75 Å². The maximum absolute atomic E-state index is 13.9. The van der Waals surface area contributed by atoms with Gasteiger partial charge in [-0.15, -0.1) is 0 Å². The molecule has 0 radical (unpaired) electrons. The minimum Gasteiger partial charge on any atom is -0.494 e. The summed E-state index contributed by atoms with van der Waals surface area (Å²) in [5, 5.41) is 4.07. The first-order valence-corrected chi connectivity index (χ1v) is 17.2. The smallest absolute Gasteiger partial charge is 0.321 e. The highest BCUT2D eigenvalue weighted by Gasteiger charge is 2.47. The number of urea groups is 1. The number of hydrogen-bond donors (Lipinski definition) is 2. The number of aromatic nitrogens is 4. The molecule has 3 aromatic heterocycles. The van der Waals surface area contributed by atoms with E-state index in [4.69, 9.17) is 20.4 Å². The van der Waals surface area contributed by atoms with E-state index in [-0.39, 0.29) is 29.9 Å². The van der Waals surface area contributed by atoms with Crippen LogP contribution in [0.4, 0.5) is 10.5 Å². The van der Waals surface area contributed by atoms with Crippen molar-refractivity contribution < 1.29 is 14.3 Å². The number of hydrogen-bond acceptors (Lipinski definition) is 6. The van der Waals surface area contributed by atoms with Crippen LogP contribution in [0.1, 0.15) is 36.0 Å². The van der Waals surface area contributed by atoms with Crippen molar-refractivity contribution in [3.8, 4) is 17.3 Å². The Bertz CT molecular complexity index is 2040. The van der Waals surface area contributed by atoms with Crippen LogP contribution in [-0.4, -0.2) is 79.7 Å². The average Bonchev–Trinajstić information content (AvgIpc) is 3.44. The largest absolute Gasteiger partial charge is 0.494 e. The number of amides is 3. The SMILES string of the molecule is COc1cc(C(=O)N2CC3CCC2[C@@H]3N)cc2nc(-c3cc4cccnc4n3CC3CC3)n(CC3CN(C(=O)Nc4ccccc4)C3)c12. The molecule has 2 bridgehead atoms. The van der Waals surface area contributed by atoms with Gasteiger partial charge in [-0.05, 0) is 80.0 Å². The van der Waals surface area contributed by atoms with Crippen molar-refractivity contribution in [3.63, 3.8) is 0 Å². The van der Waals surface area contributed by atoms with Crippen LogP contribution >= 0.6 is 0 Å². The lowest BCUT2D eigenvalue weighted by atomic mass is 10.0. The highest BCUT2D eigenvalue weighted by atomic mass is 16.5. The van der Waals surface area contributed by atoms with Crippen molar-refractivity contribution in [2.45, 2.75) is 50.9 Å². The van der Waals surface area contributed by atoms with Gasteiger partial charge in [-0.25, -0.2) is 14.8 Å². The molecule has 5 heterocycles. The summed E-state index contributed by atoms with van der Waals surface area (Å²) in [7, 11) is 1.65. The van der Waals surface area contributed by atoms with E-state index in [2.05, 4.69) is 26.6 Å². The van der Waals surface area contributed by atoms with E-state index in [1.165, 1.54) is 12.8 Å². The summed E-state index contributed by atoms with van der Waals surface area (Å²) in [5.74, 6) is 2.64. The van der Waals surface area contributed by atoms with Gasteiger partial charge in [0, 0.05) is 73.6 Å². The second kappa shape index (κ2) is 11.4. The van der Waals surface area contributed by atoms with Crippen LogP contribution in [0.15, 0.2) is 66.9 Å². The van der Waals surface area contributed by atoms with Crippen molar-refractivity contribution in [3.05, 3.63) is 72.4 Å². The molecule has 0 spiro atoms. The summed E-state index contributed by atoms with van der Waals surface area (Å²) < 4.78 is 10.6. The fraction of sp³-hybridized carbons (Fsp3) is 0.405. The molecule has 48 heavy (non-hydrogen) atoms. The molecule has 3 amide bonds. The fourth-order valence-electron chi connectivity index (χ4n) is 8.18. The molecule has 2 saturated carbocycles. The highest BCUT2D eigenvalue weighted by molar-refractivity contribution is 6.00. The molecule has 11 nitrogen and oxygen atoms in total. The summed E-state index contributed by atoms with van der Waals surface area (Å²) in [5.41, 5.74) is 11.4. The number of fused-ring (bicyclic) bond motifs is 4. The number of pyridine rings is 1. The molecular weight excluding hydrogens is 604 g/mol. The Balaban J connectivity index is 1.10. The van der Waals surface area contributed by atoms with Gasteiger partial charge < -0.3 is 34.7 Å². The van der Waals surface area contributed by atoms with Crippen LogP contribution in [0, 0.1) is 17.8 Å². The number of ether oxygens (including phenoxy) is 1. The molecule has 2 saturated heterocycles. The molecular formula is C37H40N8O3. The van der Waals surface area contributed by atoms with Gasteiger partial charge in [0.2, 0.25) is 0 Å². The molecule has 2 unspecified atom stereocenters. The standard InChI is InChI=1S/C37H40N8O3/c1-48-31-16-26(36(46)44-21-25-11-12-29(44)32(25)38)14-28-33(31)45(20-23-17-42(18-23)37(47)40-27-7-3-2-4-8-27)35(41-28)30-15-24-6-5-13-39-34(24)43(30)19-22-9-10-22/h2-8,13-16,22-23,25,29,32H,9-12,17-21,38H2,1H3,(H,40,47)/t25?,29?,32-/m1/s1. The molecule has 9 rings (SSSR count). The van der Waals surface area contributed by atoms with Crippen LogP contribution in [0.25, 0.3) is 33.6 Å². The van der Waals surface area contributed by atoms with Crippen molar-refractivity contribution in [2.75, 3.05) is 32.1 Å². The van der Waals surface area contributed by atoms with Gasteiger partial charge in [-0.1, -0.05) is 18.2 Å². The molecule has 4 fully saturated rings. The number of benzene rings is 2. The number of para-hydroxylation sites is 1. The predicted molar refractivity (Wildman–Crippen MR) is 184 cm³/mol. The van der Waals surface area contributed by atoms with Crippen LogP contribution < -0.4 is 15.8 Å². The van der Waals surface area contributed by atoms with Crippen molar-refractivity contribution in [2.24, 2.45) is 23.5 Å². The monoisotopic (exact) mass is 644 g/mol. The van der Waals surface area contributed by atoms with E-state index < -0.39 is 0 Å². The summed E-state index contributed by atoms with van der Waals surface area (Å²) in [6, 6.07) is 19.6. The Morgan fingerprint density at radius 2 is 1.75 bits per heavy atom. The number of methoxy groups -OCH3 is 1. The third-order valence-electron chi connectivity index (χ3n) is 10.9. The third-order valence-corrected chi connectivity index (χ3v) is 10.9. The number of carbonyl (C=O) groups is 2. The second-order valence-corrected chi connectivity index (χ2v) is 14.1. The Labute approximate surface area is 278 Å². The molecule has 4 aliphatic rings. The van der Waals surface area contributed by atoms with Crippen LogP contribution in [0.3, 0.4) is 0 Å². The lowest BCUT2D eigenvalue weighted by Gasteiger charge is -2.39. The molecule has 2 aromatic carbocycles. The Hall–Kier alpha value is -4.90. The molecule has 2 aliphatic carbocycles. The Morgan fingerprint density at radius 3 is 2.48 bits per heavy atom. The van der Waals surface area contributed by atoms with E-state index in [1.807, 2.05) is 64.5 Å². The summed E-state index contributed by atoms with van der Waals surface area (Å²) in [6.45, 7) is 3.49. The summed E-state index contributed by atoms with van der Waals surface area (Å²) in [4.78, 5) is 40.8. The van der Waals surface area contributed by atoms with Gasteiger partial charge in [-0.3, -0.25) is 4.79 Å². The van der Waals surface area contributed by atoms with Gasteiger partial charge in [0.05, 0.1) is 18.3 Å². The molecule has 246 valence electrons. The van der Waals surface area contributed by atoms with Crippen molar-refractivity contribution in [1.29, 1.82) is 0 Å². The van der Waals surface area contributed by atoms with E-state index in [9.17, 15) is 9.59 Å². The zero-order valence-corrected chi connectivity index (χ0v) is 27.1. The molecule has 3 atom stereocenters.